The van der Waals surface area contributed by atoms with Crippen molar-refractivity contribution in [3.8, 4) is 5.75 Å². The van der Waals surface area contributed by atoms with Gasteiger partial charge in [0, 0.05) is 12.1 Å². The minimum Gasteiger partial charge on any atom is -0.495 e. The minimum absolute atomic E-state index is 0.0391. The predicted octanol–water partition coefficient (Wildman–Crippen LogP) is 3.32. The molecule has 3 N–H and O–H groups in total. The highest BCUT2D eigenvalue weighted by molar-refractivity contribution is 7.99. The van der Waals surface area contributed by atoms with Gasteiger partial charge in [-0.2, -0.15) is 0 Å². The van der Waals surface area contributed by atoms with E-state index < -0.39 is 18.6 Å². The molecule has 3 aromatic rings. The van der Waals surface area contributed by atoms with Crippen LogP contribution in [0.2, 0.25) is 10.0 Å². The molecule has 33 heavy (non-hydrogen) atoms. The van der Waals surface area contributed by atoms with Crippen LogP contribution in [0.15, 0.2) is 47.6 Å². The summed E-state index contributed by atoms with van der Waals surface area (Å²) in [6.07, 6.45) is 0. The minimum atomic E-state index is -0.815. The summed E-state index contributed by atoms with van der Waals surface area (Å²) >= 11 is 13.2. The zero-order valence-corrected chi connectivity index (χ0v) is 20.0. The lowest BCUT2D eigenvalue weighted by molar-refractivity contribution is -0.113. The van der Waals surface area contributed by atoms with Gasteiger partial charge in [0.25, 0.3) is 5.91 Å². The summed E-state index contributed by atoms with van der Waals surface area (Å²) in [6, 6.07) is 10.7. The Morgan fingerprint density at radius 2 is 1.97 bits per heavy atom. The second kappa shape index (κ2) is 11.4. The van der Waals surface area contributed by atoms with E-state index in [4.69, 9.17) is 27.9 Å². The number of aliphatic hydroxyl groups excluding tert-OH is 1. The highest BCUT2D eigenvalue weighted by Crippen LogP contribution is 2.28. The number of nitrogens with zero attached hydrogens (tertiary/aromatic N) is 3. The van der Waals surface area contributed by atoms with Crippen LogP contribution in [0.5, 0.6) is 5.75 Å². The van der Waals surface area contributed by atoms with Gasteiger partial charge in [0.15, 0.2) is 11.0 Å². The summed E-state index contributed by atoms with van der Waals surface area (Å²) < 4.78 is 6.83. The summed E-state index contributed by atoms with van der Waals surface area (Å²) in [5.74, 6) is 0.107. The summed E-state index contributed by atoms with van der Waals surface area (Å²) in [5.41, 5.74) is 0.736. The average molecular weight is 510 g/mol. The number of nitrogens with one attached hydrogen (secondary N) is 2. The van der Waals surface area contributed by atoms with E-state index in [9.17, 15) is 14.7 Å². The number of anilines is 1. The lowest BCUT2D eigenvalue weighted by Gasteiger charge is -2.16. The number of hydrogen-bond donors (Lipinski definition) is 3. The fraction of sp³-hybridized carbons (Fsp3) is 0.238. The van der Waals surface area contributed by atoms with Crippen molar-refractivity contribution in [1.82, 2.24) is 20.1 Å². The molecule has 0 spiro atoms. The van der Waals surface area contributed by atoms with Crippen molar-refractivity contribution in [2.24, 2.45) is 7.05 Å². The number of ether oxygens (including phenoxy) is 1. The van der Waals surface area contributed by atoms with Crippen LogP contribution in [0.4, 0.5) is 5.69 Å². The Balaban J connectivity index is 1.65. The number of thioether (sulfide) groups is 1. The van der Waals surface area contributed by atoms with Gasteiger partial charge in [0.1, 0.15) is 11.8 Å². The molecule has 0 saturated carbocycles. The average Bonchev–Trinajstić information content (AvgIpc) is 3.16. The molecule has 0 aliphatic heterocycles. The SMILES string of the molecule is COc1ccc(Cl)cc1NC(=O)CSc1nnc([C@@H](CO)NC(=O)c2ccccc2Cl)n1C. The summed E-state index contributed by atoms with van der Waals surface area (Å²) in [5, 5.41) is 24.6. The van der Waals surface area contributed by atoms with E-state index in [1.807, 2.05) is 0 Å². The van der Waals surface area contributed by atoms with E-state index in [1.54, 1.807) is 54.1 Å². The first-order valence-electron chi connectivity index (χ1n) is 9.65. The first kappa shape index (κ1) is 24.8. The smallest absolute Gasteiger partial charge is 0.253 e. The molecule has 0 saturated heterocycles. The number of aliphatic hydroxyl groups is 1. The van der Waals surface area contributed by atoms with Crippen molar-refractivity contribution in [3.63, 3.8) is 0 Å². The van der Waals surface area contributed by atoms with Gasteiger partial charge < -0.3 is 25.0 Å². The van der Waals surface area contributed by atoms with Gasteiger partial charge in [-0.1, -0.05) is 47.1 Å². The van der Waals surface area contributed by atoms with Crippen LogP contribution >= 0.6 is 35.0 Å². The molecule has 1 atom stereocenters. The van der Waals surface area contributed by atoms with Crippen LogP contribution in [0.1, 0.15) is 22.2 Å². The number of methoxy groups -OCH3 is 1. The molecular weight excluding hydrogens is 489 g/mol. The van der Waals surface area contributed by atoms with Gasteiger partial charge in [-0.05, 0) is 30.3 Å². The van der Waals surface area contributed by atoms with Crippen molar-refractivity contribution < 1.29 is 19.4 Å². The number of hydrogen-bond acceptors (Lipinski definition) is 7. The number of aromatic nitrogens is 3. The lowest BCUT2D eigenvalue weighted by Crippen LogP contribution is -2.32. The van der Waals surface area contributed by atoms with Gasteiger partial charge in [-0.3, -0.25) is 9.59 Å². The number of benzene rings is 2. The molecule has 2 aromatic carbocycles. The number of carbonyl (C=O) groups excluding carboxylic acids is 2. The van der Waals surface area contributed by atoms with Gasteiger partial charge in [0.2, 0.25) is 5.91 Å². The molecular formula is C21H21Cl2N5O4S. The zero-order valence-electron chi connectivity index (χ0n) is 17.7. The Labute approximate surface area is 204 Å². The molecule has 12 heteroatoms. The third-order valence-corrected chi connectivity index (χ3v) is 6.14. The summed E-state index contributed by atoms with van der Waals surface area (Å²) in [4.78, 5) is 25.0. The maximum absolute atomic E-state index is 12.5. The highest BCUT2D eigenvalue weighted by atomic mass is 35.5. The molecule has 2 amide bonds. The maximum Gasteiger partial charge on any atom is 0.253 e. The van der Waals surface area contributed by atoms with Crippen molar-refractivity contribution in [1.29, 1.82) is 0 Å². The first-order chi connectivity index (χ1) is 15.8. The normalized spacial score (nSPS) is 11.7. The maximum atomic E-state index is 12.5. The monoisotopic (exact) mass is 509 g/mol. The van der Waals surface area contributed by atoms with Crippen molar-refractivity contribution in [2.45, 2.75) is 11.2 Å². The van der Waals surface area contributed by atoms with Gasteiger partial charge in [0.05, 0.1) is 35.7 Å². The molecule has 0 aliphatic rings. The second-order valence-electron chi connectivity index (χ2n) is 6.77. The lowest BCUT2D eigenvalue weighted by atomic mass is 10.2. The third-order valence-electron chi connectivity index (χ3n) is 4.55. The second-order valence-corrected chi connectivity index (χ2v) is 8.56. The number of halogens is 2. The van der Waals surface area contributed by atoms with Crippen LogP contribution < -0.4 is 15.4 Å². The topological polar surface area (TPSA) is 118 Å². The van der Waals surface area contributed by atoms with Crippen LogP contribution in [-0.2, 0) is 11.8 Å². The van der Waals surface area contributed by atoms with E-state index in [2.05, 4.69) is 20.8 Å². The van der Waals surface area contributed by atoms with Crippen LogP contribution in [0, 0.1) is 0 Å². The predicted molar refractivity (Wildman–Crippen MR) is 127 cm³/mol. The van der Waals surface area contributed by atoms with E-state index in [1.165, 1.54) is 7.11 Å². The van der Waals surface area contributed by atoms with Crippen molar-refractivity contribution in [3.05, 3.63) is 63.9 Å². The molecule has 0 radical (unpaired) electrons. The Morgan fingerprint density at radius 3 is 2.67 bits per heavy atom. The molecule has 174 valence electrons. The molecule has 0 bridgehead atoms. The fourth-order valence-corrected chi connectivity index (χ4v) is 4.03. The number of rotatable bonds is 9. The number of amides is 2. The largest absolute Gasteiger partial charge is 0.495 e. The van der Waals surface area contributed by atoms with Crippen molar-refractivity contribution >= 4 is 52.5 Å². The van der Waals surface area contributed by atoms with E-state index in [0.717, 1.165) is 11.8 Å². The number of carbonyl (C=O) groups is 2. The van der Waals surface area contributed by atoms with E-state index >= 15 is 0 Å². The Morgan fingerprint density at radius 1 is 1.21 bits per heavy atom. The quantitative estimate of drug-likeness (QED) is 0.378. The molecule has 1 aromatic heterocycles. The molecule has 3 rings (SSSR count). The van der Waals surface area contributed by atoms with Crippen LogP contribution in [-0.4, -0.2) is 51.2 Å². The standard InChI is InChI=1S/C21H21Cl2N5O4S/c1-28-19(16(10-29)25-20(31)13-5-3-4-6-14(13)23)26-27-21(28)33-11-18(30)24-15-9-12(22)7-8-17(15)32-2/h3-9,16,29H,10-11H2,1-2H3,(H,24,30)(H,25,31)/t16-/m1/s1. The molecule has 1 heterocycles. The fourth-order valence-electron chi connectivity index (χ4n) is 2.92. The highest BCUT2D eigenvalue weighted by Gasteiger charge is 2.23. The summed E-state index contributed by atoms with van der Waals surface area (Å²) in [7, 11) is 3.18. The van der Waals surface area contributed by atoms with Crippen molar-refractivity contribution in [2.75, 3.05) is 24.8 Å². The Kier molecular flexibility index (Phi) is 8.56. The van der Waals surface area contributed by atoms with Gasteiger partial charge in [-0.15, -0.1) is 10.2 Å². The van der Waals surface area contributed by atoms with Gasteiger partial charge >= 0.3 is 0 Å². The summed E-state index contributed by atoms with van der Waals surface area (Å²) in [6.45, 7) is -0.401. The van der Waals surface area contributed by atoms with Crippen LogP contribution in [0.25, 0.3) is 0 Å². The molecule has 0 aliphatic carbocycles. The molecule has 0 fully saturated rings. The third kappa shape index (κ3) is 6.17. The first-order valence-corrected chi connectivity index (χ1v) is 11.4. The van der Waals surface area contributed by atoms with Gasteiger partial charge in [-0.25, -0.2) is 0 Å². The Hall–Kier alpha value is -2.79. The molecule has 0 unspecified atom stereocenters. The Bertz CT molecular complexity index is 1160. The molecule has 9 nitrogen and oxygen atoms in total. The zero-order chi connectivity index (χ0) is 24.0. The van der Waals surface area contributed by atoms with E-state index in [-0.39, 0.29) is 17.2 Å². The van der Waals surface area contributed by atoms with E-state index in [0.29, 0.717) is 32.5 Å². The van der Waals surface area contributed by atoms with Crippen LogP contribution in [0.3, 0.4) is 0 Å².